The summed E-state index contributed by atoms with van der Waals surface area (Å²) in [6.07, 6.45) is 0. The lowest BCUT2D eigenvalue weighted by Crippen LogP contribution is -2.38. The predicted molar refractivity (Wildman–Crippen MR) is 110 cm³/mol. The highest BCUT2D eigenvalue weighted by Gasteiger charge is 2.13. The molecule has 1 fully saturated rings. The van der Waals surface area contributed by atoms with Gasteiger partial charge < -0.3 is 20.1 Å². The summed E-state index contributed by atoms with van der Waals surface area (Å²) in [4.78, 5) is 14.4. The highest BCUT2D eigenvalue weighted by atomic mass is 35.5. The van der Waals surface area contributed by atoms with Crippen molar-refractivity contribution in [3.63, 3.8) is 0 Å². The summed E-state index contributed by atoms with van der Waals surface area (Å²) in [5, 5.41) is 6.34. The fraction of sp³-hybridized carbons (Fsp3) is 0.381. The molecule has 0 bridgehead atoms. The van der Waals surface area contributed by atoms with Gasteiger partial charge >= 0.3 is 6.03 Å². The Kier molecular flexibility index (Phi) is 7.96. The van der Waals surface area contributed by atoms with E-state index < -0.39 is 0 Å². The monoisotopic (exact) mass is 403 g/mol. The Morgan fingerprint density at radius 1 is 1.07 bits per heavy atom. The third-order valence-electron chi connectivity index (χ3n) is 4.51. The smallest absolute Gasteiger partial charge is 0.315 e. The topological polar surface area (TPSA) is 62.8 Å². The number of urea groups is 1. The normalized spacial score (nSPS) is 14.5. The average molecular weight is 404 g/mol. The van der Waals surface area contributed by atoms with E-state index in [1.54, 1.807) is 12.1 Å². The number of hydrogen-bond donors (Lipinski definition) is 2. The molecule has 150 valence electrons. The van der Waals surface area contributed by atoms with Gasteiger partial charge in [0.05, 0.1) is 19.8 Å². The maximum absolute atomic E-state index is 12.1. The van der Waals surface area contributed by atoms with Gasteiger partial charge in [-0.1, -0.05) is 41.9 Å². The lowest BCUT2D eigenvalue weighted by Gasteiger charge is -2.27. The fourth-order valence-corrected chi connectivity index (χ4v) is 3.19. The van der Waals surface area contributed by atoms with Crippen molar-refractivity contribution in [2.45, 2.75) is 13.1 Å². The largest absolute Gasteiger partial charge is 0.492 e. The second-order valence-electron chi connectivity index (χ2n) is 6.57. The molecular weight excluding hydrogens is 378 g/mol. The Labute approximate surface area is 170 Å². The van der Waals surface area contributed by atoms with E-state index in [1.165, 1.54) is 5.56 Å². The number of nitrogens with one attached hydrogen (secondary N) is 2. The number of hydrogen-bond acceptors (Lipinski definition) is 4. The van der Waals surface area contributed by atoms with Gasteiger partial charge in [-0.05, 0) is 29.3 Å². The number of nitrogens with zero attached hydrogens (tertiary/aromatic N) is 1. The van der Waals surface area contributed by atoms with Gasteiger partial charge in [0.2, 0.25) is 0 Å². The summed E-state index contributed by atoms with van der Waals surface area (Å²) in [5.41, 5.74) is 2.35. The maximum atomic E-state index is 12.1. The Morgan fingerprint density at radius 2 is 1.86 bits per heavy atom. The number of halogens is 1. The van der Waals surface area contributed by atoms with Crippen LogP contribution in [-0.2, 0) is 17.8 Å². The summed E-state index contributed by atoms with van der Waals surface area (Å²) in [6, 6.07) is 15.2. The standard InChI is InChI=1S/C21H26ClN3O3/c22-19-6-3-7-20(14-19)28-11-8-23-21(26)24-15-17-4-1-2-5-18(17)16-25-9-12-27-13-10-25/h1-7,14H,8-13,15-16H2,(H2,23,24,26). The molecule has 2 N–H and O–H groups in total. The highest BCUT2D eigenvalue weighted by molar-refractivity contribution is 6.30. The second-order valence-corrected chi connectivity index (χ2v) is 7.01. The van der Waals surface area contributed by atoms with Gasteiger partial charge in [-0.3, -0.25) is 4.90 Å². The molecule has 0 radical (unpaired) electrons. The van der Waals surface area contributed by atoms with Crippen LogP contribution in [0.2, 0.25) is 5.02 Å². The van der Waals surface area contributed by atoms with Crippen LogP contribution in [0.25, 0.3) is 0 Å². The zero-order valence-electron chi connectivity index (χ0n) is 15.8. The van der Waals surface area contributed by atoms with E-state index in [1.807, 2.05) is 24.3 Å². The van der Waals surface area contributed by atoms with E-state index in [0.717, 1.165) is 38.4 Å². The van der Waals surface area contributed by atoms with Gasteiger partial charge in [0.1, 0.15) is 12.4 Å². The molecule has 0 spiro atoms. The number of rotatable bonds is 8. The summed E-state index contributed by atoms with van der Waals surface area (Å²) < 4.78 is 11.0. The quantitative estimate of drug-likeness (QED) is 0.665. The minimum atomic E-state index is -0.212. The van der Waals surface area contributed by atoms with Gasteiger partial charge in [-0.25, -0.2) is 4.79 Å². The van der Waals surface area contributed by atoms with Gasteiger partial charge in [0, 0.05) is 31.2 Å². The van der Waals surface area contributed by atoms with E-state index >= 15 is 0 Å². The lowest BCUT2D eigenvalue weighted by atomic mass is 10.1. The Bertz CT molecular complexity index is 766. The van der Waals surface area contributed by atoms with Crippen LogP contribution in [-0.4, -0.2) is 50.4 Å². The van der Waals surface area contributed by atoms with E-state index in [9.17, 15) is 4.79 Å². The zero-order chi connectivity index (χ0) is 19.6. The first-order chi connectivity index (χ1) is 13.7. The third kappa shape index (κ3) is 6.71. The molecule has 1 saturated heterocycles. The van der Waals surface area contributed by atoms with Gasteiger partial charge in [0.15, 0.2) is 0 Å². The van der Waals surface area contributed by atoms with Crippen LogP contribution in [0.5, 0.6) is 5.75 Å². The van der Waals surface area contributed by atoms with Crippen molar-refractivity contribution < 1.29 is 14.3 Å². The van der Waals surface area contributed by atoms with Crippen LogP contribution < -0.4 is 15.4 Å². The molecule has 0 aliphatic carbocycles. The van der Waals surface area contributed by atoms with Crippen molar-refractivity contribution in [2.24, 2.45) is 0 Å². The number of benzene rings is 2. The number of carbonyl (C=O) groups is 1. The minimum absolute atomic E-state index is 0.212. The molecule has 2 aromatic carbocycles. The van der Waals surface area contributed by atoms with Crippen LogP contribution in [0.15, 0.2) is 48.5 Å². The maximum Gasteiger partial charge on any atom is 0.315 e. The molecule has 0 saturated carbocycles. The molecule has 0 atom stereocenters. The van der Waals surface area contributed by atoms with Crippen molar-refractivity contribution in [2.75, 3.05) is 39.5 Å². The molecule has 1 heterocycles. The zero-order valence-corrected chi connectivity index (χ0v) is 16.6. The Balaban J connectivity index is 1.39. The Hall–Kier alpha value is -2.28. The van der Waals surface area contributed by atoms with Crippen molar-refractivity contribution in [3.05, 3.63) is 64.7 Å². The molecule has 7 heteroatoms. The molecular formula is C21H26ClN3O3. The van der Waals surface area contributed by atoms with E-state index in [2.05, 4.69) is 27.7 Å². The first-order valence-electron chi connectivity index (χ1n) is 9.47. The third-order valence-corrected chi connectivity index (χ3v) is 4.74. The molecule has 1 aliphatic rings. The van der Waals surface area contributed by atoms with Crippen LogP contribution in [0.4, 0.5) is 4.79 Å². The van der Waals surface area contributed by atoms with Crippen LogP contribution >= 0.6 is 11.6 Å². The molecule has 2 aromatic rings. The summed E-state index contributed by atoms with van der Waals surface area (Å²) in [5.74, 6) is 0.687. The summed E-state index contributed by atoms with van der Waals surface area (Å²) in [6.45, 7) is 5.58. The fourth-order valence-electron chi connectivity index (χ4n) is 3.01. The SMILES string of the molecule is O=C(NCCOc1cccc(Cl)c1)NCc1ccccc1CN1CCOCC1. The van der Waals surface area contributed by atoms with E-state index in [-0.39, 0.29) is 6.03 Å². The number of morpholine rings is 1. The number of amides is 2. The van der Waals surface area contributed by atoms with E-state index in [4.69, 9.17) is 21.1 Å². The predicted octanol–water partition coefficient (Wildman–Crippen LogP) is 3.05. The molecule has 2 amide bonds. The summed E-state index contributed by atoms with van der Waals surface area (Å²) >= 11 is 5.91. The van der Waals surface area contributed by atoms with Gasteiger partial charge in [-0.2, -0.15) is 0 Å². The lowest BCUT2D eigenvalue weighted by molar-refractivity contribution is 0.0341. The van der Waals surface area contributed by atoms with E-state index in [0.29, 0.717) is 30.5 Å². The minimum Gasteiger partial charge on any atom is -0.492 e. The number of carbonyl (C=O) groups excluding carboxylic acids is 1. The molecule has 6 nitrogen and oxygen atoms in total. The molecule has 0 aromatic heterocycles. The van der Waals surface area contributed by atoms with Crippen molar-refractivity contribution in [1.82, 2.24) is 15.5 Å². The highest BCUT2D eigenvalue weighted by Crippen LogP contribution is 2.16. The number of ether oxygens (including phenoxy) is 2. The van der Waals surface area contributed by atoms with Crippen molar-refractivity contribution in [3.8, 4) is 5.75 Å². The molecule has 28 heavy (non-hydrogen) atoms. The second kappa shape index (κ2) is 10.9. The first kappa shape index (κ1) is 20.5. The molecule has 0 unspecified atom stereocenters. The molecule has 1 aliphatic heterocycles. The first-order valence-corrected chi connectivity index (χ1v) is 9.85. The van der Waals surface area contributed by atoms with Crippen LogP contribution in [0, 0.1) is 0 Å². The van der Waals surface area contributed by atoms with Gasteiger partial charge in [0.25, 0.3) is 0 Å². The average Bonchev–Trinajstić information content (AvgIpc) is 2.71. The van der Waals surface area contributed by atoms with Crippen LogP contribution in [0.1, 0.15) is 11.1 Å². The molecule has 3 rings (SSSR count). The van der Waals surface area contributed by atoms with Crippen molar-refractivity contribution in [1.29, 1.82) is 0 Å². The van der Waals surface area contributed by atoms with Crippen LogP contribution in [0.3, 0.4) is 0 Å². The van der Waals surface area contributed by atoms with Gasteiger partial charge in [-0.15, -0.1) is 0 Å². The summed E-state index contributed by atoms with van der Waals surface area (Å²) in [7, 11) is 0. The Morgan fingerprint density at radius 3 is 2.64 bits per heavy atom. The van der Waals surface area contributed by atoms with Crippen molar-refractivity contribution >= 4 is 17.6 Å².